The van der Waals surface area contributed by atoms with Gasteiger partial charge in [-0.2, -0.15) is 0 Å². The molecule has 1 amide bonds. The minimum absolute atomic E-state index is 0.0794. The van der Waals surface area contributed by atoms with Crippen molar-refractivity contribution in [2.24, 2.45) is 0 Å². The Bertz CT molecular complexity index is 378. The number of ether oxygens (including phenoxy) is 1. The lowest BCUT2D eigenvalue weighted by Gasteiger charge is -2.08. The highest BCUT2D eigenvalue weighted by Crippen LogP contribution is 2.12. The van der Waals surface area contributed by atoms with Crippen molar-refractivity contribution in [1.29, 1.82) is 0 Å². The number of methoxy groups -OCH3 is 1. The van der Waals surface area contributed by atoms with Crippen LogP contribution in [0, 0.1) is 0 Å². The van der Waals surface area contributed by atoms with E-state index in [1.807, 2.05) is 31.2 Å². The molecule has 4 heteroatoms. The summed E-state index contributed by atoms with van der Waals surface area (Å²) in [5.74, 6) is 0.914. The van der Waals surface area contributed by atoms with Gasteiger partial charge in [0.05, 0.1) is 7.11 Å². The molecule has 3 nitrogen and oxygen atoms in total. The summed E-state index contributed by atoms with van der Waals surface area (Å²) in [4.78, 5) is 11.6. The van der Waals surface area contributed by atoms with Crippen LogP contribution in [0.1, 0.15) is 31.7 Å². The van der Waals surface area contributed by atoms with E-state index in [0.29, 0.717) is 13.0 Å². The predicted octanol–water partition coefficient (Wildman–Crippen LogP) is 3.15. The minimum atomic E-state index is 0.0794. The molecular formula is C15H22ClNO2. The van der Waals surface area contributed by atoms with Gasteiger partial charge in [0, 0.05) is 18.3 Å². The van der Waals surface area contributed by atoms with E-state index in [9.17, 15) is 4.79 Å². The lowest BCUT2D eigenvalue weighted by Crippen LogP contribution is -2.26. The zero-order valence-corrected chi connectivity index (χ0v) is 12.4. The van der Waals surface area contributed by atoms with Crippen LogP contribution in [0.15, 0.2) is 24.3 Å². The summed E-state index contributed by atoms with van der Waals surface area (Å²) in [6.07, 6.45) is 3.01. The van der Waals surface area contributed by atoms with Gasteiger partial charge in [-0.3, -0.25) is 4.79 Å². The summed E-state index contributed by atoms with van der Waals surface area (Å²) < 4.78 is 5.09. The lowest BCUT2D eigenvalue weighted by molar-refractivity contribution is -0.121. The normalized spacial score (nSPS) is 11.9. The van der Waals surface area contributed by atoms with E-state index in [4.69, 9.17) is 16.3 Å². The smallest absolute Gasteiger partial charge is 0.220 e. The number of carbonyl (C=O) groups excluding carboxylic acids is 1. The Morgan fingerprint density at radius 2 is 2.05 bits per heavy atom. The first-order valence-corrected chi connectivity index (χ1v) is 7.13. The number of alkyl halides is 1. The molecule has 1 N–H and O–H groups in total. The number of carbonyl (C=O) groups is 1. The maximum Gasteiger partial charge on any atom is 0.220 e. The molecule has 0 aliphatic carbocycles. The van der Waals surface area contributed by atoms with Crippen LogP contribution in [-0.2, 0) is 11.2 Å². The highest BCUT2D eigenvalue weighted by Gasteiger charge is 2.04. The third-order valence-electron chi connectivity index (χ3n) is 3.02. The fourth-order valence-corrected chi connectivity index (χ4v) is 1.82. The SMILES string of the molecule is CCC(Cl)CCNC(=O)CCc1ccc(OC)cc1. The molecule has 0 heterocycles. The third kappa shape index (κ3) is 6.48. The van der Waals surface area contributed by atoms with Gasteiger partial charge in [0.25, 0.3) is 0 Å². The number of halogens is 1. The zero-order valence-electron chi connectivity index (χ0n) is 11.6. The molecule has 0 aliphatic rings. The molecule has 1 rings (SSSR count). The molecule has 106 valence electrons. The van der Waals surface area contributed by atoms with Gasteiger partial charge in [-0.1, -0.05) is 19.1 Å². The van der Waals surface area contributed by atoms with Crippen LogP contribution in [0.3, 0.4) is 0 Å². The van der Waals surface area contributed by atoms with E-state index >= 15 is 0 Å². The van der Waals surface area contributed by atoms with Crippen LogP contribution in [0.5, 0.6) is 5.75 Å². The molecule has 1 atom stereocenters. The van der Waals surface area contributed by atoms with E-state index in [0.717, 1.165) is 30.6 Å². The number of hydrogen-bond donors (Lipinski definition) is 1. The average molecular weight is 284 g/mol. The number of rotatable bonds is 8. The van der Waals surface area contributed by atoms with Gasteiger partial charge in [-0.05, 0) is 37.0 Å². The first-order chi connectivity index (χ1) is 9.15. The summed E-state index contributed by atoms with van der Waals surface area (Å²) in [7, 11) is 1.64. The Balaban J connectivity index is 2.22. The molecule has 0 saturated heterocycles. The maximum absolute atomic E-state index is 11.6. The minimum Gasteiger partial charge on any atom is -0.497 e. The summed E-state index contributed by atoms with van der Waals surface area (Å²) in [6.45, 7) is 2.70. The molecule has 0 spiro atoms. The first kappa shape index (κ1) is 15.8. The summed E-state index contributed by atoms with van der Waals surface area (Å²) in [6, 6.07) is 7.79. The number of nitrogens with one attached hydrogen (secondary N) is 1. The molecule has 0 saturated carbocycles. The van der Waals surface area contributed by atoms with Crippen molar-refractivity contribution in [3.63, 3.8) is 0 Å². The monoisotopic (exact) mass is 283 g/mol. The van der Waals surface area contributed by atoms with Crippen LogP contribution in [0.4, 0.5) is 0 Å². The fourth-order valence-electron chi connectivity index (χ4n) is 1.71. The Morgan fingerprint density at radius 3 is 2.63 bits per heavy atom. The first-order valence-electron chi connectivity index (χ1n) is 6.69. The maximum atomic E-state index is 11.6. The second-order valence-electron chi connectivity index (χ2n) is 4.49. The van der Waals surface area contributed by atoms with E-state index in [1.54, 1.807) is 7.11 Å². The molecule has 0 aliphatic heterocycles. The van der Waals surface area contributed by atoms with Gasteiger partial charge in [-0.15, -0.1) is 11.6 Å². The lowest BCUT2D eigenvalue weighted by atomic mass is 10.1. The van der Waals surface area contributed by atoms with Crippen LogP contribution in [-0.4, -0.2) is 24.9 Å². The van der Waals surface area contributed by atoms with Gasteiger partial charge >= 0.3 is 0 Å². The second kappa shape index (κ2) is 8.81. The largest absolute Gasteiger partial charge is 0.497 e. The Labute approximate surface area is 120 Å². The quantitative estimate of drug-likeness (QED) is 0.744. The van der Waals surface area contributed by atoms with Crippen molar-refractivity contribution in [2.75, 3.05) is 13.7 Å². The summed E-state index contributed by atoms with van der Waals surface area (Å²) >= 11 is 5.99. The van der Waals surface area contributed by atoms with Crippen LogP contribution in [0.25, 0.3) is 0 Å². The Morgan fingerprint density at radius 1 is 1.37 bits per heavy atom. The topological polar surface area (TPSA) is 38.3 Å². The molecule has 1 aromatic rings. The molecule has 19 heavy (non-hydrogen) atoms. The number of hydrogen-bond acceptors (Lipinski definition) is 2. The van der Waals surface area contributed by atoms with Crippen molar-refractivity contribution < 1.29 is 9.53 Å². The fraction of sp³-hybridized carbons (Fsp3) is 0.533. The van der Waals surface area contributed by atoms with Crippen LogP contribution < -0.4 is 10.1 Å². The number of amides is 1. The van der Waals surface area contributed by atoms with Gasteiger partial charge in [-0.25, -0.2) is 0 Å². The van der Waals surface area contributed by atoms with E-state index in [1.165, 1.54) is 0 Å². The van der Waals surface area contributed by atoms with Crippen LogP contribution in [0.2, 0.25) is 0 Å². The molecule has 0 aromatic heterocycles. The summed E-state index contributed by atoms with van der Waals surface area (Å²) in [5, 5.41) is 3.05. The van der Waals surface area contributed by atoms with Crippen molar-refractivity contribution in [2.45, 2.75) is 38.0 Å². The number of benzene rings is 1. The van der Waals surface area contributed by atoms with Gasteiger partial charge in [0.1, 0.15) is 5.75 Å². The molecule has 1 unspecified atom stereocenters. The Hall–Kier alpha value is -1.22. The van der Waals surface area contributed by atoms with E-state index in [2.05, 4.69) is 5.32 Å². The van der Waals surface area contributed by atoms with Crippen LogP contribution >= 0.6 is 11.6 Å². The summed E-state index contributed by atoms with van der Waals surface area (Å²) in [5.41, 5.74) is 1.14. The number of aryl methyl sites for hydroxylation is 1. The third-order valence-corrected chi connectivity index (χ3v) is 3.55. The second-order valence-corrected chi connectivity index (χ2v) is 5.11. The average Bonchev–Trinajstić information content (AvgIpc) is 2.45. The van der Waals surface area contributed by atoms with Gasteiger partial charge in [0.2, 0.25) is 5.91 Å². The predicted molar refractivity (Wildman–Crippen MR) is 78.9 cm³/mol. The van der Waals surface area contributed by atoms with Crippen molar-refractivity contribution in [3.8, 4) is 5.75 Å². The molecule has 0 bridgehead atoms. The van der Waals surface area contributed by atoms with Crippen molar-refractivity contribution >= 4 is 17.5 Å². The Kier molecular flexibility index (Phi) is 7.34. The molecule has 0 radical (unpaired) electrons. The van der Waals surface area contributed by atoms with Crippen molar-refractivity contribution in [3.05, 3.63) is 29.8 Å². The molecule has 1 aromatic carbocycles. The standard InChI is InChI=1S/C15H22ClNO2/c1-3-13(16)10-11-17-15(18)9-6-12-4-7-14(19-2)8-5-12/h4-5,7-8,13H,3,6,9-11H2,1-2H3,(H,17,18). The highest BCUT2D eigenvalue weighted by atomic mass is 35.5. The zero-order chi connectivity index (χ0) is 14.1. The van der Waals surface area contributed by atoms with Gasteiger partial charge < -0.3 is 10.1 Å². The van der Waals surface area contributed by atoms with Crippen molar-refractivity contribution in [1.82, 2.24) is 5.32 Å². The van der Waals surface area contributed by atoms with Gasteiger partial charge in [0.15, 0.2) is 0 Å². The van der Waals surface area contributed by atoms with E-state index < -0.39 is 0 Å². The van der Waals surface area contributed by atoms with E-state index in [-0.39, 0.29) is 11.3 Å². The molecular weight excluding hydrogens is 262 g/mol. The molecule has 0 fully saturated rings. The highest BCUT2D eigenvalue weighted by molar-refractivity contribution is 6.20.